The Labute approximate surface area is 100 Å². The highest BCUT2D eigenvalue weighted by atomic mass is 16.3. The third-order valence-electron chi connectivity index (χ3n) is 1.84. The van der Waals surface area contributed by atoms with Crippen molar-refractivity contribution in [3.63, 3.8) is 0 Å². The van der Waals surface area contributed by atoms with Gasteiger partial charge in [0.15, 0.2) is 0 Å². The zero-order valence-electron chi connectivity index (χ0n) is 9.27. The fourth-order valence-electron chi connectivity index (χ4n) is 1.06. The van der Waals surface area contributed by atoms with E-state index in [-0.39, 0.29) is 5.75 Å². The van der Waals surface area contributed by atoms with Gasteiger partial charge in [-0.05, 0) is 6.07 Å². The van der Waals surface area contributed by atoms with E-state index in [9.17, 15) is 14.4 Å². The Hall–Kier alpha value is -2.83. The first-order valence-corrected chi connectivity index (χ1v) is 4.86. The second-order valence-electron chi connectivity index (χ2n) is 3.13. The summed E-state index contributed by atoms with van der Waals surface area (Å²) in [6.07, 6.45) is 1.62. The molecule has 1 aromatic heterocycles. The first kappa shape index (κ1) is 13.2. The second-order valence-corrected chi connectivity index (χ2v) is 3.13. The molecule has 7 nitrogen and oxygen atoms in total. The maximum atomic E-state index is 10.2. The third-order valence-corrected chi connectivity index (χ3v) is 1.84. The minimum Gasteiger partial charge on any atom is -0.507 e. The van der Waals surface area contributed by atoms with Gasteiger partial charge in [0.1, 0.15) is 5.75 Å². The lowest BCUT2D eigenvalue weighted by molar-refractivity contribution is 0.474. The van der Waals surface area contributed by atoms with Crippen LogP contribution < -0.4 is 17.1 Å². The second kappa shape index (κ2) is 6.04. The molecular formula is C11H11N3O4. The van der Waals surface area contributed by atoms with Gasteiger partial charge in [-0.1, -0.05) is 30.9 Å². The van der Waals surface area contributed by atoms with Gasteiger partial charge in [0.05, 0.1) is 0 Å². The molecule has 0 aliphatic rings. The fraction of sp³-hybridized carbons (Fsp3) is 0. The molecule has 0 aliphatic carbocycles. The minimum absolute atomic E-state index is 0.285. The summed E-state index contributed by atoms with van der Waals surface area (Å²) < 4.78 is 0. The number of aromatic hydroxyl groups is 1. The van der Waals surface area contributed by atoms with Gasteiger partial charge in [-0.15, -0.1) is 0 Å². The summed E-state index contributed by atoms with van der Waals surface area (Å²) in [4.78, 5) is 35.9. The van der Waals surface area contributed by atoms with Crippen LogP contribution in [0.25, 0.3) is 6.08 Å². The molecule has 18 heavy (non-hydrogen) atoms. The number of hydrogen-bond acceptors (Lipinski definition) is 4. The molecule has 0 spiro atoms. The monoisotopic (exact) mass is 249 g/mol. The molecule has 0 aliphatic heterocycles. The molecular weight excluding hydrogens is 238 g/mol. The van der Waals surface area contributed by atoms with Crippen LogP contribution in [0.15, 0.2) is 45.2 Å². The number of aromatic nitrogens is 3. The summed E-state index contributed by atoms with van der Waals surface area (Å²) in [7, 11) is 0. The van der Waals surface area contributed by atoms with Crippen molar-refractivity contribution >= 4 is 6.08 Å². The number of phenols is 1. The molecule has 7 heteroatoms. The Morgan fingerprint density at radius 2 is 1.39 bits per heavy atom. The first-order valence-electron chi connectivity index (χ1n) is 4.86. The Bertz CT molecular complexity index is 617. The normalized spacial score (nSPS) is 9.11. The lowest BCUT2D eigenvalue weighted by Crippen LogP contribution is -2.34. The van der Waals surface area contributed by atoms with Crippen molar-refractivity contribution in [2.75, 3.05) is 0 Å². The summed E-state index contributed by atoms with van der Waals surface area (Å²) in [6, 6.07) is 7.08. The van der Waals surface area contributed by atoms with Crippen LogP contribution in [-0.4, -0.2) is 20.1 Å². The number of aromatic amines is 3. The summed E-state index contributed by atoms with van der Waals surface area (Å²) in [5.41, 5.74) is -1.63. The Morgan fingerprint density at radius 1 is 0.944 bits per heavy atom. The molecule has 1 heterocycles. The van der Waals surface area contributed by atoms with E-state index in [0.717, 1.165) is 5.56 Å². The number of rotatable bonds is 1. The van der Waals surface area contributed by atoms with E-state index in [1.54, 1.807) is 33.2 Å². The van der Waals surface area contributed by atoms with Gasteiger partial charge in [-0.25, -0.2) is 14.4 Å². The molecule has 0 radical (unpaired) electrons. The third kappa shape index (κ3) is 3.97. The van der Waals surface area contributed by atoms with Crippen molar-refractivity contribution in [3.05, 3.63) is 67.9 Å². The van der Waals surface area contributed by atoms with Crippen molar-refractivity contribution in [2.45, 2.75) is 0 Å². The molecule has 0 bridgehead atoms. The lowest BCUT2D eigenvalue weighted by atomic mass is 10.2. The van der Waals surface area contributed by atoms with Crippen LogP contribution in [0.3, 0.4) is 0 Å². The average molecular weight is 249 g/mol. The number of para-hydroxylation sites is 1. The van der Waals surface area contributed by atoms with Crippen LogP contribution in [0, 0.1) is 0 Å². The van der Waals surface area contributed by atoms with Gasteiger partial charge < -0.3 is 5.11 Å². The number of nitrogens with one attached hydrogen (secondary N) is 3. The Kier molecular flexibility index (Phi) is 4.44. The Balaban J connectivity index is 0.000000180. The largest absolute Gasteiger partial charge is 0.507 e. The molecule has 0 saturated heterocycles. The van der Waals surface area contributed by atoms with E-state index in [1.807, 2.05) is 12.1 Å². The van der Waals surface area contributed by atoms with Crippen LogP contribution >= 0.6 is 0 Å². The maximum Gasteiger partial charge on any atom is 0.330 e. The van der Waals surface area contributed by atoms with Crippen LogP contribution in [0.4, 0.5) is 0 Å². The van der Waals surface area contributed by atoms with Gasteiger partial charge in [0.25, 0.3) is 0 Å². The number of hydrogen-bond donors (Lipinski definition) is 4. The topological polar surface area (TPSA) is 119 Å². The molecule has 94 valence electrons. The first-order chi connectivity index (χ1) is 8.52. The van der Waals surface area contributed by atoms with Crippen LogP contribution in [-0.2, 0) is 0 Å². The van der Waals surface area contributed by atoms with E-state index in [4.69, 9.17) is 5.11 Å². The molecule has 2 rings (SSSR count). The molecule has 0 amide bonds. The molecule has 0 saturated carbocycles. The van der Waals surface area contributed by atoms with Crippen molar-refractivity contribution in [1.82, 2.24) is 15.0 Å². The number of benzene rings is 1. The molecule has 0 atom stereocenters. The van der Waals surface area contributed by atoms with Crippen molar-refractivity contribution in [1.29, 1.82) is 0 Å². The van der Waals surface area contributed by atoms with E-state index >= 15 is 0 Å². The predicted octanol–water partition coefficient (Wildman–Crippen LogP) is -0.213. The van der Waals surface area contributed by atoms with Gasteiger partial charge in [0.2, 0.25) is 0 Å². The molecule has 0 fully saturated rings. The van der Waals surface area contributed by atoms with Gasteiger partial charge in [-0.3, -0.25) is 15.0 Å². The molecule has 1 aromatic carbocycles. The molecule has 4 N–H and O–H groups in total. The summed E-state index contributed by atoms with van der Waals surface area (Å²) in [6.45, 7) is 3.53. The summed E-state index contributed by atoms with van der Waals surface area (Å²) >= 11 is 0. The number of phenolic OH excluding ortho intramolecular Hbond substituents is 1. The maximum absolute atomic E-state index is 10.2. The van der Waals surface area contributed by atoms with E-state index in [1.165, 1.54) is 0 Å². The smallest absolute Gasteiger partial charge is 0.330 e. The standard InChI is InChI=1S/C8H8O.C3H3N3O3/c1-2-7-5-3-4-6-8(7)9;7-1-4-2(8)6-3(9)5-1/h2-6,9H,1H2;(H3,4,5,6,7,8,9). The quantitative estimate of drug-likeness (QED) is 0.559. The van der Waals surface area contributed by atoms with Crippen molar-refractivity contribution < 1.29 is 5.11 Å². The van der Waals surface area contributed by atoms with Gasteiger partial charge in [-0.2, -0.15) is 0 Å². The van der Waals surface area contributed by atoms with E-state index < -0.39 is 17.1 Å². The van der Waals surface area contributed by atoms with Crippen LogP contribution in [0.1, 0.15) is 5.56 Å². The van der Waals surface area contributed by atoms with Crippen molar-refractivity contribution in [3.8, 4) is 5.75 Å². The van der Waals surface area contributed by atoms with Gasteiger partial charge in [0, 0.05) is 5.56 Å². The minimum atomic E-state index is -0.802. The summed E-state index contributed by atoms with van der Waals surface area (Å²) in [5.74, 6) is 0.285. The summed E-state index contributed by atoms with van der Waals surface area (Å²) in [5, 5.41) is 9.04. The zero-order chi connectivity index (χ0) is 13.5. The Morgan fingerprint density at radius 3 is 1.72 bits per heavy atom. The molecule has 0 unspecified atom stereocenters. The lowest BCUT2D eigenvalue weighted by Gasteiger charge is -1.93. The number of H-pyrrole nitrogens is 3. The highest BCUT2D eigenvalue weighted by molar-refractivity contribution is 5.54. The zero-order valence-corrected chi connectivity index (χ0v) is 9.27. The average Bonchev–Trinajstić information content (AvgIpc) is 2.28. The van der Waals surface area contributed by atoms with Crippen molar-refractivity contribution in [2.24, 2.45) is 0 Å². The highest BCUT2D eigenvalue weighted by Crippen LogP contribution is 2.15. The predicted molar refractivity (Wildman–Crippen MR) is 66.5 cm³/mol. The molecule has 2 aromatic rings. The van der Waals surface area contributed by atoms with Crippen LogP contribution in [0.2, 0.25) is 0 Å². The van der Waals surface area contributed by atoms with Crippen LogP contribution in [0.5, 0.6) is 5.75 Å². The van der Waals surface area contributed by atoms with E-state index in [2.05, 4.69) is 6.58 Å². The van der Waals surface area contributed by atoms with Gasteiger partial charge >= 0.3 is 17.1 Å². The SMILES string of the molecule is C=Cc1ccccc1O.O=c1[nH]c(=O)[nH]c(=O)[nH]1. The van der Waals surface area contributed by atoms with E-state index in [0.29, 0.717) is 0 Å². The fourth-order valence-corrected chi connectivity index (χ4v) is 1.06. The highest BCUT2D eigenvalue weighted by Gasteiger charge is 1.89.